The minimum atomic E-state index is 0.337. The van der Waals surface area contributed by atoms with Crippen LogP contribution in [0.5, 0.6) is 0 Å². The van der Waals surface area contributed by atoms with E-state index in [4.69, 9.17) is 5.11 Å². The van der Waals surface area contributed by atoms with Crippen molar-refractivity contribution in [2.24, 2.45) is 5.92 Å². The van der Waals surface area contributed by atoms with Gasteiger partial charge in [-0.1, -0.05) is 26.2 Å². The molecule has 2 fully saturated rings. The second kappa shape index (κ2) is 5.31. The molecule has 0 aromatic heterocycles. The number of hydrogen-bond acceptors (Lipinski definition) is 2. The van der Waals surface area contributed by atoms with Crippen molar-refractivity contribution >= 4 is 0 Å². The fraction of sp³-hybridized carbons (Fsp3) is 1.00. The van der Waals surface area contributed by atoms with E-state index in [1.807, 2.05) is 0 Å². The standard InChI is InChI=1S/C13H25NO/c1-2-11-4-3-5-13(10-11)14(8-9-15)12-6-7-12/h11-13,15H,2-10H2,1H3. The van der Waals surface area contributed by atoms with Crippen LogP contribution in [0.15, 0.2) is 0 Å². The Morgan fingerprint density at radius 1 is 1.13 bits per heavy atom. The second-order valence-electron chi connectivity index (χ2n) is 5.29. The first kappa shape index (κ1) is 11.4. The second-order valence-corrected chi connectivity index (χ2v) is 5.29. The Bertz CT molecular complexity index is 191. The van der Waals surface area contributed by atoms with Crippen LogP contribution < -0.4 is 0 Å². The molecule has 1 N–H and O–H groups in total. The van der Waals surface area contributed by atoms with Crippen molar-refractivity contribution < 1.29 is 5.11 Å². The molecule has 2 aliphatic carbocycles. The van der Waals surface area contributed by atoms with Crippen LogP contribution in [-0.4, -0.2) is 35.2 Å². The molecule has 88 valence electrons. The third-order valence-electron chi connectivity index (χ3n) is 4.18. The molecule has 2 nitrogen and oxygen atoms in total. The molecule has 0 heterocycles. The first-order chi connectivity index (χ1) is 7.35. The Hall–Kier alpha value is -0.0800. The van der Waals surface area contributed by atoms with Gasteiger partial charge in [0.2, 0.25) is 0 Å². The van der Waals surface area contributed by atoms with Crippen LogP contribution in [0, 0.1) is 5.92 Å². The normalized spacial score (nSPS) is 32.2. The first-order valence-electron chi connectivity index (χ1n) is 6.71. The van der Waals surface area contributed by atoms with E-state index < -0.39 is 0 Å². The van der Waals surface area contributed by atoms with Crippen molar-refractivity contribution in [3.63, 3.8) is 0 Å². The van der Waals surface area contributed by atoms with Crippen LogP contribution in [0.2, 0.25) is 0 Å². The van der Waals surface area contributed by atoms with Crippen molar-refractivity contribution in [1.82, 2.24) is 4.90 Å². The van der Waals surface area contributed by atoms with E-state index in [-0.39, 0.29) is 0 Å². The Kier molecular flexibility index (Phi) is 4.04. The number of aliphatic hydroxyl groups is 1. The third-order valence-corrected chi connectivity index (χ3v) is 4.18. The summed E-state index contributed by atoms with van der Waals surface area (Å²) in [5.74, 6) is 0.948. The molecule has 0 bridgehead atoms. The molecule has 0 aliphatic heterocycles. The van der Waals surface area contributed by atoms with Crippen LogP contribution in [0.4, 0.5) is 0 Å². The van der Waals surface area contributed by atoms with E-state index >= 15 is 0 Å². The van der Waals surface area contributed by atoms with Gasteiger partial charge in [-0.15, -0.1) is 0 Å². The van der Waals surface area contributed by atoms with Gasteiger partial charge < -0.3 is 5.11 Å². The van der Waals surface area contributed by atoms with Crippen LogP contribution in [0.3, 0.4) is 0 Å². The van der Waals surface area contributed by atoms with Gasteiger partial charge in [-0.05, 0) is 31.6 Å². The summed E-state index contributed by atoms with van der Waals surface area (Å²) in [7, 11) is 0. The van der Waals surface area contributed by atoms with Gasteiger partial charge in [0.25, 0.3) is 0 Å². The quantitative estimate of drug-likeness (QED) is 0.755. The SMILES string of the molecule is CCC1CCCC(N(CCO)C2CC2)C1. The Morgan fingerprint density at radius 3 is 2.53 bits per heavy atom. The summed E-state index contributed by atoms with van der Waals surface area (Å²) >= 11 is 0. The van der Waals surface area contributed by atoms with E-state index in [0.717, 1.165) is 24.5 Å². The molecule has 2 aliphatic rings. The van der Waals surface area contributed by atoms with Crippen molar-refractivity contribution in [3.8, 4) is 0 Å². The molecule has 2 atom stereocenters. The van der Waals surface area contributed by atoms with Gasteiger partial charge in [0.05, 0.1) is 6.61 Å². The van der Waals surface area contributed by atoms with Gasteiger partial charge in [-0.2, -0.15) is 0 Å². The van der Waals surface area contributed by atoms with E-state index in [1.54, 1.807) is 0 Å². The molecule has 0 aromatic carbocycles. The lowest BCUT2D eigenvalue weighted by Gasteiger charge is -2.37. The molecular formula is C13H25NO. The Morgan fingerprint density at radius 2 is 1.93 bits per heavy atom. The largest absolute Gasteiger partial charge is 0.395 e. The van der Waals surface area contributed by atoms with Crippen molar-refractivity contribution in [2.75, 3.05) is 13.2 Å². The lowest BCUT2D eigenvalue weighted by Crippen LogP contribution is -2.41. The van der Waals surface area contributed by atoms with E-state index in [1.165, 1.54) is 44.9 Å². The third kappa shape index (κ3) is 2.94. The molecule has 0 radical (unpaired) electrons. The summed E-state index contributed by atoms with van der Waals surface area (Å²) in [4.78, 5) is 2.60. The van der Waals surface area contributed by atoms with Gasteiger partial charge >= 0.3 is 0 Å². The Balaban J connectivity index is 1.88. The average molecular weight is 211 g/mol. The van der Waals surface area contributed by atoms with Crippen LogP contribution in [0.25, 0.3) is 0 Å². The fourth-order valence-electron chi connectivity index (χ4n) is 3.12. The van der Waals surface area contributed by atoms with Crippen LogP contribution in [-0.2, 0) is 0 Å². The summed E-state index contributed by atoms with van der Waals surface area (Å²) < 4.78 is 0. The lowest BCUT2D eigenvalue weighted by atomic mass is 9.83. The number of hydrogen-bond donors (Lipinski definition) is 1. The zero-order valence-electron chi connectivity index (χ0n) is 9.99. The maximum absolute atomic E-state index is 9.13. The van der Waals surface area contributed by atoms with Gasteiger partial charge in [-0.3, -0.25) is 4.90 Å². The maximum Gasteiger partial charge on any atom is 0.0558 e. The van der Waals surface area contributed by atoms with Crippen LogP contribution >= 0.6 is 0 Å². The van der Waals surface area contributed by atoms with Crippen molar-refractivity contribution in [2.45, 2.75) is 64.0 Å². The molecule has 0 saturated heterocycles. The molecule has 2 saturated carbocycles. The molecule has 2 unspecified atom stereocenters. The topological polar surface area (TPSA) is 23.5 Å². The predicted molar refractivity (Wildman–Crippen MR) is 62.9 cm³/mol. The highest BCUT2D eigenvalue weighted by Gasteiger charge is 2.35. The molecule has 0 amide bonds. The maximum atomic E-state index is 9.13. The summed E-state index contributed by atoms with van der Waals surface area (Å²) in [6.07, 6.45) is 9.66. The first-order valence-corrected chi connectivity index (χ1v) is 6.71. The highest BCUT2D eigenvalue weighted by Crippen LogP contribution is 2.35. The highest BCUT2D eigenvalue weighted by atomic mass is 16.3. The minimum Gasteiger partial charge on any atom is -0.395 e. The fourth-order valence-corrected chi connectivity index (χ4v) is 3.12. The zero-order chi connectivity index (χ0) is 10.7. The van der Waals surface area contributed by atoms with Crippen LogP contribution in [0.1, 0.15) is 51.9 Å². The number of nitrogens with zero attached hydrogens (tertiary/aromatic N) is 1. The number of rotatable bonds is 5. The molecule has 0 spiro atoms. The van der Waals surface area contributed by atoms with E-state index in [0.29, 0.717) is 6.61 Å². The van der Waals surface area contributed by atoms with Gasteiger partial charge in [-0.25, -0.2) is 0 Å². The predicted octanol–water partition coefficient (Wildman–Crippen LogP) is 2.41. The molecule has 15 heavy (non-hydrogen) atoms. The number of aliphatic hydroxyl groups excluding tert-OH is 1. The summed E-state index contributed by atoms with van der Waals surface area (Å²) in [5.41, 5.74) is 0. The van der Waals surface area contributed by atoms with Crippen molar-refractivity contribution in [3.05, 3.63) is 0 Å². The minimum absolute atomic E-state index is 0.337. The summed E-state index contributed by atoms with van der Waals surface area (Å²) in [6.45, 7) is 3.57. The molecule has 2 heteroatoms. The van der Waals surface area contributed by atoms with Gasteiger partial charge in [0.15, 0.2) is 0 Å². The summed E-state index contributed by atoms with van der Waals surface area (Å²) in [6, 6.07) is 1.60. The van der Waals surface area contributed by atoms with Crippen molar-refractivity contribution in [1.29, 1.82) is 0 Å². The Labute approximate surface area is 93.7 Å². The zero-order valence-corrected chi connectivity index (χ0v) is 9.99. The molecule has 0 aromatic rings. The van der Waals surface area contributed by atoms with E-state index in [9.17, 15) is 0 Å². The highest BCUT2D eigenvalue weighted by molar-refractivity contribution is 4.90. The average Bonchev–Trinajstić information content (AvgIpc) is 3.10. The lowest BCUT2D eigenvalue weighted by molar-refractivity contribution is 0.0974. The van der Waals surface area contributed by atoms with Gasteiger partial charge in [0, 0.05) is 18.6 Å². The van der Waals surface area contributed by atoms with Gasteiger partial charge in [0.1, 0.15) is 0 Å². The molecular weight excluding hydrogens is 186 g/mol. The summed E-state index contributed by atoms with van der Waals surface area (Å²) in [5, 5.41) is 9.13. The monoisotopic (exact) mass is 211 g/mol. The van der Waals surface area contributed by atoms with E-state index in [2.05, 4.69) is 11.8 Å². The molecule has 2 rings (SSSR count). The smallest absolute Gasteiger partial charge is 0.0558 e.